The first kappa shape index (κ1) is 18.4. The van der Waals surface area contributed by atoms with Gasteiger partial charge in [0.2, 0.25) is 11.8 Å². The minimum Gasteiger partial charge on any atom is -0.481 e. The molecule has 4 aromatic rings. The molecule has 4 rings (SSSR count). The van der Waals surface area contributed by atoms with Crippen LogP contribution in [0.15, 0.2) is 89.3 Å². The second kappa shape index (κ2) is 8.39. The summed E-state index contributed by atoms with van der Waals surface area (Å²) in [5, 5.41) is 11.0. The highest BCUT2D eigenvalue weighted by molar-refractivity contribution is 5.94. The molecule has 1 aromatic heterocycles. The second-order valence-corrected chi connectivity index (χ2v) is 6.42. The summed E-state index contributed by atoms with van der Waals surface area (Å²) in [5.41, 5.74) is 2.29. The van der Waals surface area contributed by atoms with E-state index in [1.807, 2.05) is 72.8 Å². The van der Waals surface area contributed by atoms with Crippen molar-refractivity contribution in [3.63, 3.8) is 0 Å². The molecule has 3 aromatic carbocycles. The van der Waals surface area contributed by atoms with Crippen LogP contribution in [0.3, 0.4) is 0 Å². The van der Waals surface area contributed by atoms with Crippen LogP contribution < -0.4 is 10.1 Å². The Morgan fingerprint density at radius 1 is 0.828 bits per heavy atom. The Morgan fingerprint density at radius 2 is 1.38 bits per heavy atom. The number of carbonyl (C=O) groups is 1. The van der Waals surface area contributed by atoms with Crippen LogP contribution in [0.2, 0.25) is 0 Å². The predicted octanol–water partition coefficient (Wildman–Crippen LogP) is 4.81. The molecule has 6 nitrogen and oxygen atoms in total. The summed E-state index contributed by atoms with van der Waals surface area (Å²) in [6.07, 6.45) is -0.624. The van der Waals surface area contributed by atoms with Crippen molar-refractivity contribution >= 4 is 11.6 Å². The summed E-state index contributed by atoms with van der Waals surface area (Å²) in [7, 11) is 0. The highest BCUT2D eigenvalue weighted by Gasteiger charge is 2.15. The summed E-state index contributed by atoms with van der Waals surface area (Å²) in [6, 6.07) is 26.0. The fourth-order valence-corrected chi connectivity index (χ4v) is 2.73. The van der Waals surface area contributed by atoms with Crippen LogP contribution in [0.5, 0.6) is 5.75 Å². The molecule has 1 heterocycles. The van der Waals surface area contributed by atoms with Gasteiger partial charge in [0, 0.05) is 16.8 Å². The van der Waals surface area contributed by atoms with Gasteiger partial charge in [-0.3, -0.25) is 4.79 Å². The highest BCUT2D eigenvalue weighted by Crippen LogP contribution is 2.24. The molecule has 1 N–H and O–H groups in total. The number of hydrogen-bond donors (Lipinski definition) is 1. The molecule has 1 unspecified atom stereocenters. The van der Waals surface area contributed by atoms with E-state index in [4.69, 9.17) is 9.15 Å². The number of nitrogens with one attached hydrogen (secondary N) is 1. The minimum atomic E-state index is -0.624. The van der Waals surface area contributed by atoms with Crippen LogP contribution in [-0.2, 0) is 4.79 Å². The largest absolute Gasteiger partial charge is 0.481 e. The number of aromatic nitrogens is 2. The SMILES string of the molecule is CC(Oc1ccccc1)C(=O)Nc1ccc(-c2nnc(-c3ccccc3)o2)cc1. The van der Waals surface area contributed by atoms with Crippen LogP contribution in [0, 0.1) is 0 Å². The molecule has 0 spiro atoms. The van der Waals surface area contributed by atoms with E-state index in [1.165, 1.54) is 0 Å². The Morgan fingerprint density at radius 3 is 2.00 bits per heavy atom. The van der Waals surface area contributed by atoms with Gasteiger partial charge in [-0.2, -0.15) is 0 Å². The summed E-state index contributed by atoms with van der Waals surface area (Å²) in [4.78, 5) is 12.4. The van der Waals surface area contributed by atoms with E-state index in [-0.39, 0.29) is 5.91 Å². The molecule has 1 atom stereocenters. The third kappa shape index (κ3) is 4.50. The van der Waals surface area contributed by atoms with Crippen molar-refractivity contribution in [1.29, 1.82) is 0 Å². The first-order valence-electron chi connectivity index (χ1n) is 9.21. The zero-order valence-electron chi connectivity index (χ0n) is 15.8. The maximum Gasteiger partial charge on any atom is 0.265 e. The standard InChI is InChI=1S/C23H19N3O3/c1-16(28-20-10-6-3-7-11-20)21(27)24-19-14-12-18(13-15-19)23-26-25-22(29-23)17-8-4-2-5-9-17/h2-16H,1H3,(H,24,27). The smallest absolute Gasteiger partial charge is 0.265 e. The first-order valence-corrected chi connectivity index (χ1v) is 9.21. The Hall–Kier alpha value is -3.93. The molecule has 1 amide bonds. The molecule has 0 bridgehead atoms. The molecule has 0 fully saturated rings. The molecule has 29 heavy (non-hydrogen) atoms. The van der Waals surface area contributed by atoms with Crippen LogP contribution >= 0.6 is 0 Å². The van der Waals surface area contributed by atoms with Crippen molar-refractivity contribution in [3.8, 4) is 28.7 Å². The van der Waals surface area contributed by atoms with Crippen LogP contribution in [0.1, 0.15) is 6.92 Å². The predicted molar refractivity (Wildman–Crippen MR) is 110 cm³/mol. The Labute approximate surface area is 168 Å². The van der Waals surface area contributed by atoms with Crippen molar-refractivity contribution in [2.24, 2.45) is 0 Å². The van der Waals surface area contributed by atoms with Gasteiger partial charge >= 0.3 is 0 Å². The quantitative estimate of drug-likeness (QED) is 0.515. The van der Waals surface area contributed by atoms with E-state index in [9.17, 15) is 4.79 Å². The van der Waals surface area contributed by atoms with Crippen molar-refractivity contribution in [2.75, 3.05) is 5.32 Å². The molecule has 0 aliphatic carbocycles. The number of benzene rings is 3. The molecule has 0 aliphatic heterocycles. The summed E-state index contributed by atoms with van der Waals surface area (Å²) in [5.74, 6) is 1.30. The maximum atomic E-state index is 12.4. The Kier molecular flexibility index (Phi) is 5.33. The third-order valence-electron chi connectivity index (χ3n) is 4.27. The van der Waals surface area contributed by atoms with Crippen molar-refractivity contribution < 1.29 is 13.9 Å². The number of amides is 1. The topological polar surface area (TPSA) is 77.2 Å². The number of anilines is 1. The van der Waals surface area contributed by atoms with Gasteiger partial charge in [0.25, 0.3) is 5.91 Å². The molecule has 144 valence electrons. The Bertz CT molecular complexity index is 1080. The fraction of sp³-hybridized carbons (Fsp3) is 0.0870. The lowest BCUT2D eigenvalue weighted by molar-refractivity contribution is -0.122. The Balaban J connectivity index is 1.40. The second-order valence-electron chi connectivity index (χ2n) is 6.42. The van der Waals surface area contributed by atoms with Gasteiger partial charge in [-0.25, -0.2) is 0 Å². The zero-order chi connectivity index (χ0) is 20.1. The molecular weight excluding hydrogens is 366 g/mol. The van der Waals surface area contributed by atoms with Crippen molar-refractivity contribution in [1.82, 2.24) is 10.2 Å². The lowest BCUT2D eigenvalue weighted by Crippen LogP contribution is -2.30. The number of ether oxygens (including phenoxy) is 1. The third-order valence-corrected chi connectivity index (χ3v) is 4.27. The molecule has 0 saturated carbocycles. The van der Waals surface area contributed by atoms with Gasteiger partial charge < -0.3 is 14.5 Å². The lowest BCUT2D eigenvalue weighted by Gasteiger charge is -2.14. The average Bonchev–Trinajstić information content (AvgIpc) is 3.26. The molecule has 0 saturated heterocycles. The normalized spacial score (nSPS) is 11.6. The van der Waals surface area contributed by atoms with Crippen LogP contribution in [0.4, 0.5) is 5.69 Å². The zero-order valence-corrected chi connectivity index (χ0v) is 15.8. The number of para-hydroxylation sites is 1. The van der Waals surface area contributed by atoms with E-state index in [0.717, 1.165) is 11.1 Å². The van der Waals surface area contributed by atoms with E-state index < -0.39 is 6.10 Å². The monoisotopic (exact) mass is 385 g/mol. The molecule has 0 aliphatic rings. The first-order chi connectivity index (χ1) is 14.2. The van der Waals surface area contributed by atoms with Gasteiger partial charge in [-0.15, -0.1) is 10.2 Å². The van der Waals surface area contributed by atoms with E-state index in [1.54, 1.807) is 19.1 Å². The van der Waals surface area contributed by atoms with E-state index >= 15 is 0 Å². The average molecular weight is 385 g/mol. The van der Waals surface area contributed by atoms with Gasteiger partial charge in [-0.05, 0) is 55.5 Å². The van der Waals surface area contributed by atoms with E-state index in [0.29, 0.717) is 23.2 Å². The summed E-state index contributed by atoms with van der Waals surface area (Å²) >= 11 is 0. The summed E-state index contributed by atoms with van der Waals surface area (Å²) < 4.78 is 11.4. The van der Waals surface area contributed by atoms with Gasteiger partial charge in [-0.1, -0.05) is 36.4 Å². The minimum absolute atomic E-state index is 0.231. The molecular formula is C23H19N3O3. The number of carbonyl (C=O) groups excluding carboxylic acids is 1. The van der Waals surface area contributed by atoms with Crippen molar-refractivity contribution in [3.05, 3.63) is 84.9 Å². The van der Waals surface area contributed by atoms with Crippen LogP contribution in [-0.4, -0.2) is 22.2 Å². The van der Waals surface area contributed by atoms with Gasteiger partial charge in [0.1, 0.15) is 5.75 Å². The number of hydrogen-bond acceptors (Lipinski definition) is 5. The molecule has 6 heteroatoms. The fourth-order valence-electron chi connectivity index (χ4n) is 2.73. The van der Waals surface area contributed by atoms with Gasteiger partial charge in [0.15, 0.2) is 6.10 Å². The highest BCUT2D eigenvalue weighted by atomic mass is 16.5. The van der Waals surface area contributed by atoms with Crippen LogP contribution in [0.25, 0.3) is 22.9 Å². The van der Waals surface area contributed by atoms with Crippen molar-refractivity contribution in [2.45, 2.75) is 13.0 Å². The molecule has 0 radical (unpaired) electrons. The number of nitrogens with zero attached hydrogens (tertiary/aromatic N) is 2. The van der Waals surface area contributed by atoms with Gasteiger partial charge in [0.05, 0.1) is 0 Å². The van der Waals surface area contributed by atoms with E-state index in [2.05, 4.69) is 15.5 Å². The lowest BCUT2D eigenvalue weighted by atomic mass is 10.2. The maximum absolute atomic E-state index is 12.4. The number of rotatable bonds is 6. The summed E-state index contributed by atoms with van der Waals surface area (Å²) in [6.45, 7) is 1.71.